The number of rotatable bonds is 4. The first kappa shape index (κ1) is 15.0. The van der Waals surface area contributed by atoms with Gasteiger partial charge < -0.3 is 14.6 Å². The van der Waals surface area contributed by atoms with E-state index in [1.807, 2.05) is 0 Å². The fourth-order valence-electron chi connectivity index (χ4n) is 1.94. The molecule has 0 aliphatic carbocycles. The Morgan fingerprint density at radius 2 is 1.70 bits per heavy atom. The van der Waals surface area contributed by atoms with E-state index < -0.39 is 6.10 Å². The molecule has 0 bridgehead atoms. The molecule has 0 aliphatic rings. The van der Waals surface area contributed by atoms with Crippen LogP contribution in [0, 0.1) is 0 Å². The van der Waals surface area contributed by atoms with Gasteiger partial charge in [-0.1, -0.05) is 23.2 Å². The fourth-order valence-corrected chi connectivity index (χ4v) is 2.34. The van der Waals surface area contributed by atoms with Crippen molar-refractivity contribution in [1.82, 2.24) is 0 Å². The van der Waals surface area contributed by atoms with Crippen LogP contribution in [0.5, 0.6) is 11.5 Å². The van der Waals surface area contributed by atoms with E-state index in [1.54, 1.807) is 43.5 Å². The molecule has 0 fully saturated rings. The minimum atomic E-state index is -0.929. The van der Waals surface area contributed by atoms with Crippen molar-refractivity contribution in [1.29, 1.82) is 0 Å². The third-order valence-electron chi connectivity index (χ3n) is 2.99. The number of benzene rings is 2. The van der Waals surface area contributed by atoms with Crippen LogP contribution in [0.1, 0.15) is 17.2 Å². The Bertz CT molecular complexity index is 614. The zero-order valence-corrected chi connectivity index (χ0v) is 12.6. The predicted molar refractivity (Wildman–Crippen MR) is 80.1 cm³/mol. The number of aliphatic hydroxyl groups excluding tert-OH is 1. The van der Waals surface area contributed by atoms with Crippen molar-refractivity contribution >= 4 is 23.2 Å². The summed E-state index contributed by atoms with van der Waals surface area (Å²) in [5.41, 5.74) is 1.13. The molecule has 0 aliphatic heterocycles. The largest absolute Gasteiger partial charge is 0.497 e. The van der Waals surface area contributed by atoms with Crippen molar-refractivity contribution < 1.29 is 14.6 Å². The molecule has 2 aromatic rings. The van der Waals surface area contributed by atoms with Crippen molar-refractivity contribution in [2.45, 2.75) is 6.10 Å². The highest BCUT2D eigenvalue weighted by Crippen LogP contribution is 2.36. The van der Waals surface area contributed by atoms with Crippen LogP contribution >= 0.6 is 23.2 Å². The second-order valence-electron chi connectivity index (χ2n) is 4.18. The summed E-state index contributed by atoms with van der Waals surface area (Å²) in [6.07, 6.45) is -0.929. The highest BCUT2D eigenvalue weighted by atomic mass is 35.5. The number of aliphatic hydroxyl groups is 1. The normalized spacial score (nSPS) is 12.1. The molecular weight excluding hydrogens is 299 g/mol. The Kier molecular flexibility index (Phi) is 4.76. The average molecular weight is 313 g/mol. The molecule has 1 atom stereocenters. The molecule has 20 heavy (non-hydrogen) atoms. The molecule has 0 heterocycles. The Balaban J connectivity index is 2.47. The monoisotopic (exact) mass is 312 g/mol. The number of ether oxygens (including phenoxy) is 2. The average Bonchev–Trinajstić information content (AvgIpc) is 2.48. The SMILES string of the molecule is COc1ccc(C(O)c2cc(Cl)ccc2Cl)c(OC)c1. The van der Waals surface area contributed by atoms with Gasteiger partial charge in [0, 0.05) is 27.2 Å². The maximum atomic E-state index is 10.5. The van der Waals surface area contributed by atoms with E-state index in [2.05, 4.69) is 0 Å². The molecule has 3 nitrogen and oxygen atoms in total. The molecule has 5 heteroatoms. The molecule has 0 aromatic heterocycles. The summed E-state index contributed by atoms with van der Waals surface area (Å²) in [5.74, 6) is 1.17. The highest BCUT2D eigenvalue weighted by Gasteiger charge is 2.19. The Labute approximate surface area is 127 Å². The summed E-state index contributed by atoms with van der Waals surface area (Å²) < 4.78 is 10.4. The van der Waals surface area contributed by atoms with Gasteiger partial charge in [0.25, 0.3) is 0 Å². The summed E-state index contributed by atoms with van der Waals surface area (Å²) in [6, 6.07) is 10.2. The summed E-state index contributed by atoms with van der Waals surface area (Å²) in [7, 11) is 3.10. The quantitative estimate of drug-likeness (QED) is 0.924. The fraction of sp³-hybridized carbons (Fsp3) is 0.200. The first-order valence-electron chi connectivity index (χ1n) is 5.91. The Hall–Kier alpha value is -1.42. The summed E-state index contributed by atoms with van der Waals surface area (Å²) in [6.45, 7) is 0. The molecule has 0 amide bonds. The van der Waals surface area contributed by atoms with Gasteiger partial charge in [0.05, 0.1) is 14.2 Å². The van der Waals surface area contributed by atoms with Crippen molar-refractivity contribution in [3.63, 3.8) is 0 Å². The third kappa shape index (κ3) is 3.01. The lowest BCUT2D eigenvalue weighted by molar-refractivity contribution is 0.214. The van der Waals surface area contributed by atoms with Crippen LogP contribution in [0.3, 0.4) is 0 Å². The van der Waals surface area contributed by atoms with Crippen LogP contribution in [-0.2, 0) is 0 Å². The van der Waals surface area contributed by atoms with Crippen molar-refractivity contribution in [3.8, 4) is 11.5 Å². The highest BCUT2D eigenvalue weighted by molar-refractivity contribution is 6.33. The van der Waals surface area contributed by atoms with Gasteiger partial charge in [-0.05, 0) is 30.3 Å². The molecule has 2 aromatic carbocycles. The zero-order valence-electron chi connectivity index (χ0n) is 11.1. The standard InChI is InChI=1S/C15H14Cl2O3/c1-19-10-4-5-11(14(8-10)20-2)15(18)12-7-9(16)3-6-13(12)17/h3-8,15,18H,1-2H3. The van der Waals surface area contributed by atoms with Crippen LogP contribution in [0.15, 0.2) is 36.4 Å². The van der Waals surface area contributed by atoms with E-state index in [0.29, 0.717) is 32.7 Å². The van der Waals surface area contributed by atoms with Gasteiger partial charge in [-0.15, -0.1) is 0 Å². The van der Waals surface area contributed by atoms with Crippen LogP contribution in [-0.4, -0.2) is 19.3 Å². The number of halogens is 2. The first-order chi connectivity index (χ1) is 9.56. The van der Waals surface area contributed by atoms with Gasteiger partial charge in [0.15, 0.2) is 0 Å². The van der Waals surface area contributed by atoms with Crippen molar-refractivity contribution in [3.05, 3.63) is 57.6 Å². The van der Waals surface area contributed by atoms with Gasteiger partial charge in [-0.2, -0.15) is 0 Å². The molecule has 1 N–H and O–H groups in total. The number of hydrogen-bond donors (Lipinski definition) is 1. The maximum Gasteiger partial charge on any atom is 0.128 e. The van der Waals surface area contributed by atoms with E-state index in [9.17, 15) is 5.11 Å². The maximum absolute atomic E-state index is 10.5. The lowest BCUT2D eigenvalue weighted by Gasteiger charge is -2.17. The molecule has 0 saturated heterocycles. The Morgan fingerprint density at radius 1 is 0.950 bits per heavy atom. The molecule has 0 spiro atoms. The minimum absolute atomic E-state index is 0.444. The van der Waals surface area contributed by atoms with E-state index in [0.717, 1.165) is 0 Å². The van der Waals surface area contributed by atoms with Crippen LogP contribution in [0.25, 0.3) is 0 Å². The zero-order chi connectivity index (χ0) is 14.7. The Morgan fingerprint density at radius 3 is 2.35 bits per heavy atom. The molecule has 0 saturated carbocycles. The van der Waals surface area contributed by atoms with Crippen molar-refractivity contribution in [2.24, 2.45) is 0 Å². The number of hydrogen-bond acceptors (Lipinski definition) is 3. The summed E-state index contributed by atoms with van der Waals surface area (Å²) >= 11 is 12.1. The molecule has 0 radical (unpaired) electrons. The number of methoxy groups -OCH3 is 2. The molecule has 106 valence electrons. The van der Waals surface area contributed by atoms with E-state index in [1.165, 1.54) is 7.11 Å². The van der Waals surface area contributed by atoms with E-state index in [-0.39, 0.29) is 0 Å². The smallest absolute Gasteiger partial charge is 0.128 e. The lowest BCUT2D eigenvalue weighted by Crippen LogP contribution is -2.03. The third-order valence-corrected chi connectivity index (χ3v) is 3.57. The molecule has 1 unspecified atom stereocenters. The van der Waals surface area contributed by atoms with Gasteiger partial charge >= 0.3 is 0 Å². The lowest BCUT2D eigenvalue weighted by atomic mass is 10.0. The summed E-state index contributed by atoms with van der Waals surface area (Å²) in [4.78, 5) is 0. The van der Waals surface area contributed by atoms with Gasteiger partial charge in [-0.3, -0.25) is 0 Å². The minimum Gasteiger partial charge on any atom is -0.497 e. The topological polar surface area (TPSA) is 38.7 Å². The van der Waals surface area contributed by atoms with E-state index in [4.69, 9.17) is 32.7 Å². The van der Waals surface area contributed by atoms with Gasteiger partial charge in [-0.25, -0.2) is 0 Å². The van der Waals surface area contributed by atoms with E-state index >= 15 is 0 Å². The van der Waals surface area contributed by atoms with Gasteiger partial charge in [0.2, 0.25) is 0 Å². The second kappa shape index (κ2) is 6.35. The second-order valence-corrected chi connectivity index (χ2v) is 5.02. The first-order valence-corrected chi connectivity index (χ1v) is 6.67. The van der Waals surface area contributed by atoms with Crippen LogP contribution in [0.4, 0.5) is 0 Å². The van der Waals surface area contributed by atoms with Crippen LogP contribution < -0.4 is 9.47 Å². The molecular formula is C15H14Cl2O3. The van der Waals surface area contributed by atoms with Crippen molar-refractivity contribution in [2.75, 3.05) is 14.2 Å². The predicted octanol–water partition coefficient (Wildman–Crippen LogP) is 4.09. The van der Waals surface area contributed by atoms with Crippen LogP contribution in [0.2, 0.25) is 10.0 Å². The summed E-state index contributed by atoms with van der Waals surface area (Å²) in [5, 5.41) is 11.5. The molecule has 2 rings (SSSR count). The van der Waals surface area contributed by atoms with Gasteiger partial charge in [0.1, 0.15) is 17.6 Å².